The lowest BCUT2D eigenvalue weighted by Gasteiger charge is -2.31. The summed E-state index contributed by atoms with van der Waals surface area (Å²) in [5.41, 5.74) is 0.869. The van der Waals surface area contributed by atoms with Gasteiger partial charge in [-0.2, -0.15) is 0 Å². The number of piperidine rings is 1. The SMILES string of the molecule is CCNC(=O)C1CCN(C(=O)c2ccccc2C(=O)c2cccs2)CC1. The molecule has 1 N–H and O–H groups in total. The van der Waals surface area contributed by atoms with Crippen LogP contribution >= 0.6 is 11.3 Å². The Hall–Kier alpha value is -2.47. The molecule has 1 fully saturated rings. The maximum absolute atomic E-state index is 13.0. The second-order valence-electron chi connectivity index (χ2n) is 6.31. The lowest BCUT2D eigenvalue weighted by molar-refractivity contribution is -0.126. The average molecular weight is 370 g/mol. The first kappa shape index (κ1) is 18.3. The molecule has 6 heteroatoms. The van der Waals surface area contributed by atoms with E-state index in [4.69, 9.17) is 0 Å². The zero-order valence-corrected chi connectivity index (χ0v) is 15.6. The van der Waals surface area contributed by atoms with Gasteiger partial charge in [-0.25, -0.2) is 0 Å². The van der Waals surface area contributed by atoms with Crippen molar-refractivity contribution in [2.24, 2.45) is 5.92 Å². The molecule has 0 spiro atoms. The molecule has 136 valence electrons. The summed E-state index contributed by atoms with van der Waals surface area (Å²) in [4.78, 5) is 40.0. The van der Waals surface area contributed by atoms with Crippen molar-refractivity contribution in [3.05, 3.63) is 57.8 Å². The fourth-order valence-corrected chi connectivity index (χ4v) is 3.92. The van der Waals surface area contributed by atoms with E-state index in [1.54, 1.807) is 35.2 Å². The maximum atomic E-state index is 13.0. The predicted octanol–water partition coefficient (Wildman–Crippen LogP) is 2.97. The van der Waals surface area contributed by atoms with Crippen molar-refractivity contribution in [1.82, 2.24) is 10.2 Å². The van der Waals surface area contributed by atoms with Crippen LogP contribution < -0.4 is 5.32 Å². The van der Waals surface area contributed by atoms with Gasteiger partial charge in [-0.05, 0) is 37.3 Å². The van der Waals surface area contributed by atoms with Gasteiger partial charge in [0.25, 0.3) is 5.91 Å². The van der Waals surface area contributed by atoms with Crippen molar-refractivity contribution in [2.75, 3.05) is 19.6 Å². The van der Waals surface area contributed by atoms with Crippen LogP contribution in [0.2, 0.25) is 0 Å². The van der Waals surface area contributed by atoms with Crippen LogP contribution in [-0.4, -0.2) is 42.1 Å². The van der Waals surface area contributed by atoms with E-state index in [2.05, 4.69) is 5.32 Å². The van der Waals surface area contributed by atoms with Crippen LogP contribution in [0.1, 0.15) is 45.4 Å². The van der Waals surface area contributed by atoms with Gasteiger partial charge in [0.05, 0.1) is 10.4 Å². The molecule has 26 heavy (non-hydrogen) atoms. The number of hydrogen-bond donors (Lipinski definition) is 1. The topological polar surface area (TPSA) is 66.5 Å². The van der Waals surface area contributed by atoms with E-state index in [1.165, 1.54) is 11.3 Å². The molecule has 0 aliphatic carbocycles. The monoisotopic (exact) mass is 370 g/mol. The van der Waals surface area contributed by atoms with Crippen molar-refractivity contribution >= 4 is 28.9 Å². The molecule has 5 nitrogen and oxygen atoms in total. The molecule has 1 aliphatic rings. The summed E-state index contributed by atoms with van der Waals surface area (Å²) in [6, 6.07) is 10.6. The molecule has 0 radical (unpaired) electrons. The van der Waals surface area contributed by atoms with E-state index in [0.29, 0.717) is 48.5 Å². The Labute approximate surface area is 157 Å². The summed E-state index contributed by atoms with van der Waals surface area (Å²) >= 11 is 1.37. The van der Waals surface area contributed by atoms with E-state index in [0.717, 1.165) is 0 Å². The Bertz CT molecular complexity index is 793. The molecule has 0 saturated carbocycles. The summed E-state index contributed by atoms with van der Waals surface area (Å²) in [5, 5.41) is 4.70. The number of nitrogens with zero attached hydrogens (tertiary/aromatic N) is 1. The minimum absolute atomic E-state index is 0.0398. The summed E-state index contributed by atoms with van der Waals surface area (Å²) in [6.07, 6.45) is 1.30. The van der Waals surface area contributed by atoms with E-state index in [-0.39, 0.29) is 23.5 Å². The number of amides is 2. The first-order valence-corrected chi connectivity index (χ1v) is 9.74. The molecule has 1 aromatic heterocycles. The van der Waals surface area contributed by atoms with Gasteiger partial charge >= 0.3 is 0 Å². The van der Waals surface area contributed by atoms with Crippen LogP contribution in [0.5, 0.6) is 0 Å². The number of nitrogens with one attached hydrogen (secondary N) is 1. The number of rotatable bonds is 5. The Morgan fingerprint density at radius 1 is 1.08 bits per heavy atom. The molecule has 2 heterocycles. The second kappa shape index (κ2) is 8.27. The van der Waals surface area contributed by atoms with Crippen LogP contribution in [0.25, 0.3) is 0 Å². The van der Waals surface area contributed by atoms with Gasteiger partial charge in [0.2, 0.25) is 11.7 Å². The number of carbonyl (C=O) groups excluding carboxylic acids is 3. The van der Waals surface area contributed by atoms with Gasteiger partial charge in [-0.3, -0.25) is 14.4 Å². The van der Waals surface area contributed by atoms with Gasteiger partial charge in [0.1, 0.15) is 0 Å². The molecule has 0 atom stereocenters. The number of thiophene rings is 1. The molecule has 1 aromatic carbocycles. The molecule has 0 unspecified atom stereocenters. The first-order valence-electron chi connectivity index (χ1n) is 8.86. The van der Waals surface area contributed by atoms with E-state index in [9.17, 15) is 14.4 Å². The molecular weight excluding hydrogens is 348 g/mol. The van der Waals surface area contributed by atoms with Crippen LogP contribution in [0.15, 0.2) is 41.8 Å². The van der Waals surface area contributed by atoms with Gasteiger partial charge in [-0.15, -0.1) is 11.3 Å². The van der Waals surface area contributed by atoms with Crippen molar-refractivity contribution in [2.45, 2.75) is 19.8 Å². The van der Waals surface area contributed by atoms with Gasteiger partial charge in [0, 0.05) is 31.1 Å². The summed E-state index contributed by atoms with van der Waals surface area (Å²) < 4.78 is 0. The molecule has 1 saturated heterocycles. The zero-order chi connectivity index (χ0) is 18.5. The summed E-state index contributed by atoms with van der Waals surface area (Å²) in [7, 11) is 0. The number of hydrogen-bond acceptors (Lipinski definition) is 4. The Morgan fingerprint density at radius 3 is 2.38 bits per heavy atom. The lowest BCUT2D eigenvalue weighted by Crippen LogP contribution is -2.43. The van der Waals surface area contributed by atoms with Crippen molar-refractivity contribution in [3.8, 4) is 0 Å². The highest BCUT2D eigenvalue weighted by Gasteiger charge is 2.29. The summed E-state index contributed by atoms with van der Waals surface area (Å²) in [6.45, 7) is 3.58. The normalized spacial score (nSPS) is 14.9. The standard InChI is InChI=1S/C20H22N2O3S/c1-2-21-19(24)14-9-11-22(12-10-14)20(25)16-7-4-3-6-15(16)18(23)17-8-5-13-26-17/h3-8,13-14H,2,9-12H2,1H3,(H,21,24). The zero-order valence-electron chi connectivity index (χ0n) is 14.7. The Morgan fingerprint density at radius 2 is 1.77 bits per heavy atom. The second-order valence-corrected chi connectivity index (χ2v) is 7.26. The molecule has 0 bridgehead atoms. The minimum Gasteiger partial charge on any atom is -0.356 e. The molecular formula is C20H22N2O3S. The van der Waals surface area contributed by atoms with Crippen molar-refractivity contribution in [3.63, 3.8) is 0 Å². The Kier molecular flexibility index (Phi) is 5.83. The van der Waals surface area contributed by atoms with Crippen molar-refractivity contribution in [1.29, 1.82) is 0 Å². The van der Waals surface area contributed by atoms with Gasteiger partial charge < -0.3 is 10.2 Å². The number of carbonyl (C=O) groups is 3. The third kappa shape index (κ3) is 3.85. The number of ketones is 1. The largest absolute Gasteiger partial charge is 0.356 e. The fourth-order valence-electron chi connectivity index (χ4n) is 3.24. The van der Waals surface area contributed by atoms with Crippen molar-refractivity contribution < 1.29 is 14.4 Å². The molecule has 2 aromatic rings. The highest BCUT2D eigenvalue weighted by Crippen LogP contribution is 2.23. The minimum atomic E-state index is -0.139. The lowest BCUT2D eigenvalue weighted by atomic mass is 9.94. The predicted molar refractivity (Wildman–Crippen MR) is 102 cm³/mol. The first-order chi connectivity index (χ1) is 12.6. The van der Waals surface area contributed by atoms with Crippen LogP contribution in [0.3, 0.4) is 0 Å². The summed E-state index contributed by atoms with van der Waals surface area (Å²) in [5.74, 6) is -0.240. The molecule has 3 rings (SSSR count). The highest BCUT2D eigenvalue weighted by molar-refractivity contribution is 7.12. The number of likely N-dealkylation sites (tertiary alicyclic amines) is 1. The van der Waals surface area contributed by atoms with E-state index >= 15 is 0 Å². The van der Waals surface area contributed by atoms with Crippen LogP contribution in [0.4, 0.5) is 0 Å². The third-order valence-electron chi connectivity index (χ3n) is 4.65. The van der Waals surface area contributed by atoms with Crippen LogP contribution in [-0.2, 0) is 4.79 Å². The average Bonchev–Trinajstić information content (AvgIpc) is 3.22. The third-order valence-corrected chi connectivity index (χ3v) is 5.52. The van der Waals surface area contributed by atoms with Gasteiger partial charge in [-0.1, -0.05) is 24.3 Å². The van der Waals surface area contributed by atoms with E-state index in [1.807, 2.05) is 18.4 Å². The quantitative estimate of drug-likeness (QED) is 0.823. The van der Waals surface area contributed by atoms with Crippen LogP contribution in [0, 0.1) is 5.92 Å². The molecule has 1 aliphatic heterocycles. The van der Waals surface area contributed by atoms with Gasteiger partial charge in [0.15, 0.2) is 0 Å². The fraction of sp³-hybridized carbons (Fsp3) is 0.350. The molecule has 2 amide bonds. The maximum Gasteiger partial charge on any atom is 0.254 e. The number of benzene rings is 1. The Balaban J connectivity index is 1.73. The van der Waals surface area contributed by atoms with E-state index < -0.39 is 0 Å². The smallest absolute Gasteiger partial charge is 0.254 e. The highest BCUT2D eigenvalue weighted by atomic mass is 32.1.